The van der Waals surface area contributed by atoms with Gasteiger partial charge in [-0.3, -0.25) is 14.4 Å². The Morgan fingerprint density at radius 3 is 2.45 bits per heavy atom. The smallest absolute Gasteiger partial charge is 0.337 e. The van der Waals surface area contributed by atoms with Crippen molar-refractivity contribution in [1.29, 1.82) is 0 Å². The average Bonchev–Trinajstić information content (AvgIpc) is 2.95. The minimum atomic E-state index is -0.639. The lowest BCUT2D eigenvalue weighted by Crippen LogP contribution is -2.32. The SMILES string of the molecule is O=C(CSC[CH]N1CCCC1=O)ON1C(=O)CCC1=O. The molecule has 20 heavy (non-hydrogen) atoms. The Bertz CT molecular complexity index is 424. The van der Waals surface area contributed by atoms with E-state index in [0.717, 1.165) is 13.0 Å². The van der Waals surface area contributed by atoms with Gasteiger partial charge in [-0.25, -0.2) is 4.79 Å². The highest BCUT2D eigenvalue weighted by Crippen LogP contribution is 2.15. The molecular formula is C12H15N2O5S. The zero-order chi connectivity index (χ0) is 14.5. The number of hydrogen-bond donors (Lipinski definition) is 0. The summed E-state index contributed by atoms with van der Waals surface area (Å²) in [6.45, 7) is 2.47. The molecule has 8 heteroatoms. The van der Waals surface area contributed by atoms with Crippen LogP contribution in [-0.2, 0) is 24.0 Å². The number of likely N-dealkylation sites (tertiary alicyclic amines) is 1. The van der Waals surface area contributed by atoms with Crippen LogP contribution in [0.15, 0.2) is 0 Å². The second kappa shape index (κ2) is 6.74. The van der Waals surface area contributed by atoms with Gasteiger partial charge in [0.1, 0.15) is 0 Å². The van der Waals surface area contributed by atoms with Gasteiger partial charge >= 0.3 is 5.97 Å². The highest BCUT2D eigenvalue weighted by molar-refractivity contribution is 8.00. The van der Waals surface area contributed by atoms with Gasteiger partial charge in [0.2, 0.25) is 5.91 Å². The summed E-state index contributed by atoms with van der Waals surface area (Å²) < 4.78 is 0. The van der Waals surface area contributed by atoms with Crippen molar-refractivity contribution in [2.45, 2.75) is 25.7 Å². The Morgan fingerprint density at radius 2 is 1.85 bits per heavy atom. The van der Waals surface area contributed by atoms with E-state index < -0.39 is 17.8 Å². The van der Waals surface area contributed by atoms with E-state index in [4.69, 9.17) is 4.84 Å². The zero-order valence-corrected chi connectivity index (χ0v) is 11.7. The van der Waals surface area contributed by atoms with E-state index in [-0.39, 0.29) is 24.5 Å². The van der Waals surface area contributed by atoms with Gasteiger partial charge in [-0.15, -0.1) is 16.8 Å². The van der Waals surface area contributed by atoms with E-state index in [1.807, 2.05) is 0 Å². The number of hydroxylamine groups is 2. The monoisotopic (exact) mass is 299 g/mol. The summed E-state index contributed by atoms with van der Waals surface area (Å²) in [5.41, 5.74) is 0. The molecule has 0 aromatic carbocycles. The maximum atomic E-state index is 11.5. The molecule has 2 heterocycles. The van der Waals surface area contributed by atoms with Crippen molar-refractivity contribution in [3.63, 3.8) is 0 Å². The van der Waals surface area contributed by atoms with Crippen LogP contribution in [0.1, 0.15) is 25.7 Å². The molecule has 0 aliphatic carbocycles. The van der Waals surface area contributed by atoms with Crippen LogP contribution in [0.4, 0.5) is 0 Å². The van der Waals surface area contributed by atoms with Gasteiger partial charge in [0, 0.05) is 31.6 Å². The van der Waals surface area contributed by atoms with Crippen LogP contribution in [0.2, 0.25) is 0 Å². The highest BCUT2D eigenvalue weighted by atomic mass is 32.2. The predicted molar refractivity (Wildman–Crippen MR) is 69.8 cm³/mol. The van der Waals surface area contributed by atoms with Crippen molar-refractivity contribution in [3.8, 4) is 0 Å². The number of imide groups is 1. The topological polar surface area (TPSA) is 84.0 Å². The van der Waals surface area contributed by atoms with Gasteiger partial charge in [-0.2, -0.15) is 0 Å². The molecule has 109 valence electrons. The number of carbonyl (C=O) groups excluding carboxylic acids is 4. The minimum Gasteiger partial charge on any atom is -0.337 e. The molecule has 1 radical (unpaired) electrons. The maximum Gasteiger partial charge on any atom is 0.342 e. The fraction of sp³-hybridized carbons (Fsp3) is 0.583. The average molecular weight is 299 g/mol. The summed E-state index contributed by atoms with van der Waals surface area (Å²) in [4.78, 5) is 51.6. The molecule has 2 aliphatic heterocycles. The maximum absolute atomic E-state index is 11.5. The first-order chi connectivity index (χ1) is 9.58. The van der Waals surface area contributed by atoms with Gasteiger partial charge in [0.15, 0.2) is 0 Å². The molecule has 0 bridgehead atoms. The summed E-state index contributed by atoms with van der Waals surface area (Å²) in [7, 11) is 0. The molecule has 0 aromatic rings. The van der Waals surface area contributed by atoms with E-state index in [1.54, 1.807) is 11.4 Å². The van der Waals surface area contributed by atoms with Crippen molar-refractivity contribution in [2.24, 2.45) is 0 Å². The number of carbonyl (C=O) groups is 4. The molecule has 7 nitrogen and oxygen atoms in total. The Morgan fingerprint density at radius 1 is 1.15 bits per heavy atom. The number of thioether (sulfide) groups is 1. The van der Waals surface area contributed by atoms with Gasteiger partial charge in [-0.1, -0.05) is 0 Å². The van der Waals surface area contributed by atoms with E-state index in [1.165, 1.54) is 11.8 Å². The lowest BCUT2D eigenvalue weighted by molar-refractivity contribution is -0.195. The van der Waals surface area contributed by atoms with Crippen molar-refractivity contribution < 1.29 is 24.0 Å². The third-order valence-corrected chi connectivity index (χ3v) is 3.77. The number of rotatable bonds is 6. The standard InChI is InChI=1S/C12H15N2O5S/c15-9-2-1-5-13(9)6-7-20-8-12(18)19-14-10(16)3-4-11(14)17/h6H,1-5,7-8H2. The number of hydrogen-bond acceptors (Lipinski definition) is 6. The third kappa shape index (κ3) is 3.72. The number of nitrogens with zero attached hydrogens (tertiary/aromatic N) is 2. The first kappa shape index (κ1) is 14.8. The van der Waals surface area contributed by atoms with E-state index in [0.29, 0.717) is 17.2 Å². The molecule has 0 aromatic heterocycles. The lowest BCUT2D eigenvalue weighted by Gasteiger charge is -2.14. The molecule has 2 aliphatic rings. The lowest BCUT2D eigenvalue weighted by atomic mass is 10.4. The fourth-order valence-corrected chi connectivity index (χ4v) is 2.56. The Hall–Kier alpha value is -1.57. The quantitative estimate of drug-likeness (QED) is 0.511. The third-order valence-electron chi connectivity index (χ3n) is 2.94. The van der Waals surface area contributed by atoms with Crippen LogP contribution in [0, 0.1) is 6.54 Å². The van der Waals surface area contributed by atoms with E-state index in [2.05, 4.69) is 0 Å². The molecule has 0 N–H and O–H groups in total. The summed E-state index contributed by atoms with van der Waals surface area (Å²) in [6.07, 6.45) is 1.61. The molecule has 0 spiro atoms. The van der Waals surface area contributed by atoms with E-state index >= 15 is 0 Å². The molecule has 0 saturated carbocycles. The summed E-state index contributed by atoms with van der Waals surface area (Å²) in [5, 5.41) is 0.538. The van der Waals surface area contributed by atoms with Crippen LogP contribution in [0.25, 0.3) is 0 Å². The van der Waals surface area contributed by atoms with Gasteiger partial charge in [0.05, 0.1) is 12.3 Å². The largest absolute Gasteiger partial charge is 0.342 e. The molecular weight excluding hydrogens is 284 g/mol. The first-order valence-corrected chi connectivity index (χ1v) is 7.50. The van der Waals surface area contributed by atoms with Crippen molar-refractivity contribution in [3.05, 3.63) is 6.54 Å². The van der Waals surface area contributed by atoms with Crippen LogP contribution < -0.4 is 0 Å². The molecule has 2 saturated heterocycles. The minimum absolute atomic E-state index is 0.0234. The van der Waals surface area contributed by atoms with Crippen LogP contribution in [0.5, 0.6) is 0 Å². The molecule has 0 atom stereocenters. The highest BCUT2D eigenvalue weighted by Gasteiger charge is 2.32. The summed E-state index contributed by atoms with van der Waals surface area (Å²) in [5.74, 6) is -0.982. The normalized spacial score (nSPS) is 19.1. The van der Waals surface area contributed by atoms with E-state index in [9.17, 15) is 19.2 Å². The Balaban J connectivity index is 1.62. The van der Waals surface area contributed by atoms with Crippen molar-refractivity contribution in [2.75, 3.05) is 18.1 Å². The number of amides is 3. The molecule has 3 amide bonds. The van der Waals surface area contributed by atoms with Gasteiger partial charge in [0.25, 0.3) is 11.8 Å². The van der Waals surface area contributed by atoms with Gasteiger partial charge < -0.3 is 9.74 Å². The van der Waals surface area contributed by atoms with Crippen molar-refractivity contribution in [1.82, 2.24) is 9.96 Å². The molecule has 0 unspecified atom stereocenters. The summed E-state index contributed by atoms with van der Waals surface area (Å²) in [6, 6.07) is 0. The Labute approximate surface area is 120 Å². The molecule has 2 fully saturated rings. The van der Waals surface area contributed by atoms with Gasteiger partial charge in [-0.05, 0) is 6.42 Å². The predicted octanol–water partition coefficient (Wildman–Crippen LogP) is 0.111. The molecule has 2 rings (SSSR count). The Kier molecular flexibility index (Phi) is 4.99. The second-order valence-corrected chi connectivity index (χ2v) is 5.46. The van der Waals surface area contributed by atoms with Crippen molar-refractivity contribution >= 4 is 35.5 Å². The zero-order valence-electron chi connectivity index (χ0n) is 10.9. The second-order valence-electron chi connectivity index (χ2n) is 4.43. The first-order valence-electron chi connectivity index (χ1n) is 6.35. The summed E-state index contributed by atoms with van der Waals surface area (Å²) >= 11 is 1.26. The van der Waals surface area contributed by atoms with Crippen LogP contribution in [-0.4, -0.2) is 51.7 Å². The van der Waals surface area contributed by atoms with Crippen LogP contribution >= 0.6 is 11.8 Å². The fourth-order valence-electron chi connectivity index (χ4n) is 1.93. The van der Waals surface area contributed by atoms with Crippen LogP contribution in [0.3, 0.4) is 0 Å².